The number of hydrogen-bond donors (Lipinski definition) is 1. The summed E-state index contributed by atoms with van der Waals surface area (Å²) >= 11 is 0. The molecule has 2 unspecified atom stereocenters. The second kappa shape index (κ2) is 4.63. The van der Waals surface area contributed by atoms with E-state index in [0.29, 0.717) is 12.1 Å². The standard InChI is InChI=1S/C10H20N2/c1-4-9(2)11-10-6-5-7-12(3)8-10/h4,9-11H,1,5-8H2,2-3H3. The van der Waals surface area contributed by atoms with Crippen LogP contribution in [0.15, 0.2) is 12.7 Å². The Labute approximate surface area is 75.6 Å². The van der Waals surface area contributed by atoms with Crippen molar-refractivity contribution >= 4 is 0 Å². The predicted molar refractivity (Wildman–Crippen MR) is 53.3 cm³/mol. The number of likely N-dealkylation sites (tertiary alicyclic amines) is 1. The Bertz CT molecular complexity index is 145. The van der Waals surface area contributed by atoms with Gasteiger partial charge in [-0.1, -0.05) is 6.08 Å². The SMILES string of the molecule is C=CC(C)NC1CCCN(C)C1. The molecule has 0 bridgehead atoms. The highest BCUT2D eigenvalue weighted by molar-refractivity contribution is 4.86. The maximum atomic E-state index is 3.77. The molecule has 0 aromatic carbocycles. The molecule has 1 fully saturated rings. The van der Waals surface area contributed by atoms with Crippen LogP contribution in [0.5, 0.6) is 0 Å². The summed E-state index contributed by atoms with van der Waals surface area (Å²) < 4.78 is 0. The van der Waals surface area contributed by atoms with Crippen molar-refractivity contribution in [2.24, 2.45) is 0 Å². The molecule has 2 heteroatoms. The Morgan fingerprint density at radius 3 is 3.00 bits per heavy atom. The lowest BCUT2D eigenvalue weighted by molar-refractivity contribution is 0.223. The molecule has 2 nitrogen and oxygen atoms in total. The summed E-state index contributed by atoms with van der Waals surface area (Å²) in [5.41, 5.74) is 0. The van der Waals surface area contributed by atoms with Gasteiger partial charge >= 0.3 is 0 Å². The predicted octanol–water partition coefficient (Wildman–Crippen LogP) is 1.24. The zero-order chi connectivity index (χ0) is 8.97. The summed E-state index contributed by atoms with van der Waals surface area (Å²) in [5, 5.41) is 3.54. The lowest BCUT2D eigenvalue weighted by Crippen LogP contribution is -2.46. The smallest absolute Gasteiger partial charge is 0.0222 e. The van der Waals surface area contributed by atoms with Crippen LogP contribution in [0.25, 0.3) is 0 Å². The van der Waals surface area contributed by atoms with E-state index in [-0.39, 0.29) is 0 Å². The second-order valence-corrected chi connectivity index (χ2v) is 3.79. The molecule has 1 saturated heterocycles. The fraction of sp³-hybridized carbons (Fsp3) is 0.800. The molecule has 1 heterocycles. The third kappa shape index (κ3) is 2.95. The Morgan fingerprint density at radius 2 is 2.42 bits per heavy atom. The van der Waals surface area contributed by atoms with Gasteiger partial charge in [0.2, 0.25) is 0 Å². The Hall–Kier alpha value is -0.340. The van der Waals surface area contributed by atoms with Crippen LogP contribution in [0.4, 0.5) is 0 Å². The zero-order valence-corrected chi connectivity index (χ0v) is 8.21. The minimum atomic E-state index is 0.446. The Kier molecular flexibility index (Phi) is 3.76. The summed E-state index contributed by atoms with van der Waals surface area (Å²) in [4.78, 5) is 2.39. The van der Waals surface area contributed by atoms with E-state index >= 15 is 0 Å². The van der Waals surface area contributed by atoms with E-state index in [0.717, 1.165) is 0 Å². The van der Waals surface area contributed by atoms with Crippen LogP contribution in [0.1, 0.15) is 19.8 Å². The fourth-order valence-electron chi connectivity index (χ4n) is 1.74. The molecule has 1 aliphatic heterocycles. The first-order valence-corrected chi connectivity index (χ1v) is 4.79. The number of nitrogens with one attached hydrogen (secondary N) is 1. The molecular weight excluding hydrogens is 148 g/mol. The van der Waals surface area contributed by atoms with Gasteiger partial charge in [-0.15, -0.1) is 6.58 Å². The summed E-state index contributed by atoms with van der Waals surface area (Å²) in [5.74, 6) is 0. The maximum absolute atomic E-state index is 3.77. The summed E-state index contributed by atoms with van der Waals surface area (Å²) in [6.45, 7) is 8.35. The zero-order valence-electron chi connectivity index (χ0n) is 8.21. The maximum Gasteiger partial charge on any atom is 0.0222 e. The average molecular weight is 168 g/mol. The van der Waals surface area contributed by atoms with Gasteiger partial charge in [0.15, 0.2) is 0 Å². The third-order valence-corrected chi connectivity index (χ3v) is 2.48. The molecule has 1 aliphatic rings. The van der Waals surface area contributed by atoms with Gasteiger partial charge in [0.1, 0.15) is 0 Å². The van der Waals surface area contributed by atoms with Gasteiger partial charge in [-0.05, 0) is 33.4 Å². The van der Waals surface area contributed by atoms with Crippen LogP contribution in [0.2, 0.25) is 0 Å². The van der Waals surface area contributed by atoms with E-state index in [4.69, 9.17) is 0 Å². The van der Waals surface area contributed by atoms with E-state index in [1.165, 1.54) is 25.9 Å². The van der Waals surface area contributed by atoms with Crippen LogP contribution in [-0.4, -0.2) is 37.1 Å². The number of rotatable bonds is 3. The Morgan fingerprint density at radius 1 is 1.67 bits per heavy atom. The largest absolute Gasteiger partial charge is 0.307 e. The lowest BCUT2D eigenvalue weighted by Gasteiger charge is -2.31. The van der Waals surface area contributed by atoms with Crippen molar-refractivity contribution in [1.29, 1.82) is 0 Å². The summed E-state index contributed by atoms with van der Waals surface area (Å²) in [6.07, 6.45) is 4.59. The number of piperidine rings is 1. The van der Waals surface area contributed by atoms with Gasteiger partial charge in [-0.25, -0.2) is 0 Å². The second-order valence-electron chi connectivity index (χ2n) is 3.79. The molecule has 0 aromatic heterocycles. The molecule has 2 atom stereocenters. The van der Waals surface area contributed by atoms with E-state index in [2.05, 4.69) is 30.8 Å². The molecule has 70 valence electrons. The molecule has 0 amide bonds. The van der Waals surface area contributed by atoms with E-state index in [1.807, 2.05) is 6.08 Å². The van der Waals surface area contributed by atoms with Crippen LogP contribution < -0.4 is 5.32 Å². The highest BCUT2D eigenvalue weighted by Crippen LogP contribution is 2.08. The average Bonchev–Trinajstić information content (AvgIpc) is 2.04. The minimum Gasteiger partial charge on any atom is -0.307 e. The number of hydrogen-bond acceptors (Lipinski definition) is 2. The van der Waals surface area contributed by atoms with Gasteiger partial charge in [-0.2, -0.15) is 0 Å². The third-order valence-electron chi connectivity index (χ3n) is 2.48. The molecule has 0 aromatic rings. The van der Waals surface area contributed by atoms with Gasteiger partial charge < -0.3 is 10.2 Å². The van der Waals surface area contributed by atoms with Crippen LogP contribution in [0, 0.1) is 0 Å². The molecule has 0 radical (unpaired) electrons. The first-order valence-electron chi connectivity index (χ1n) is 4.79. The van der Waals surface area contributed by atoms with E-state index in [1.54, 1.807) is 0 Å². The van der Waals surface area contributed by atoms with Crippen molar-refractivity contribution in [3.05, 3.63) is 12.7 Å². The van der Waals surface area contributed by atoms with Crippen LogP contribution >= 0.6 is 0 Å². The number of likely N-dealkylation sites (N-methyl/N-ethyl adjacent to an activating group) is 1. The highest BCUT2D eigenvalue weighted by atomic mass is 15.1. The number of nitrogens with zero attached hydrogens (tertiary/aromatic N) is 1. The van der Waals surface area contributed by atoms with Crippen LogP contribution in [0.3, 0.4) is 0 Å². The van der Waals surface area contributed by atoms with Crippen molar-refractivity contribution in [3.8, 4) is 0 Å². The highest BCUT2D eigenvalue weighted by Gasteiger charge is 2.17. The first kappa shape index (κ1) is 9.75. The quantitative estimate of drug-likeness (QED) is 0.638. The van der Waals surface area contributed by atoms with Crippen molar-refractivity contribution in [3.63, 3.8) is 0 Å². The van der Waals surface area contributed by atoms with Gasteiger partial charge in [0.25, 0.3) is 0 Å². The van der Waals surface area contributed by atoms with Crippen molar-refractivity contribution < 1.29 is 0 Å². The van der Waals surface area contributed by atoms with Crippen molar-refractivity contribution in [2.75, 3.05) is 20.1 Å². The fourth-order valence-corrected chi connectivity index (χ4v) is 1.74. The Balaban J connectivity index is 2.26. The molecule has 1 rings (SSSR count). The van der Waals surface area contributed by atoms with Crippen molar-refractivity contribution in [1.82, 2.24) is 10.2 Å². The minimum absolute atomic E-state index is 0.446. The van der Waals surface area contributed by atoms with Gasteiger partial charge in [0.05, 0.1) is 0 Å². The van der Waals surface area contributed by atoms with Crippen molar-refractivity contribution in [2.45, 2.75) is 31.8 Å². The molecule has 0 spiro atoms. The molecule has 0 saturated carbocycles. The van der Waals surface area contributed by atoms with Gasteiger partial charge in [-0.3, -0.25) is 0 Å². The lowest BCUT2D eigenvalue weighted by atomic mass is 10.1. The van der Waals surface area contributed by atoms with Gasteiger partial charge in [0, 0.05) is 18.6 Å². The first-order chi connectivity index (χ1) is 5.72. The molecular formula is C10H20N2. The topological polar surface area (TPSA) is 15.3 Å². The van der Waals surface area contributed by atoms with Crippen LogP contribution in [-0.2, 0) is 0 Å². The summed E-state index contributed by atoms with van der Waals surface area (Å²) in [7, 11) is 2.19. The summed E-state index contributed by atoms with van der Waals surface area (Å²) in [6, 6.07) is 1.11. The molecule has 1 N–H and O–H groups in total. The van der Waals surface area contributed by atoms with E-state index < -0.39 is 0 Å². The molecule has 12 heavy (non-hydrogen) atoms. The normalized spacial score (nSPS) is 28.3. The monoisotopic (exact) mass is 168 g/mol. The molecule has 0 aliphatic carbocycles. The van der Waals surface area contributed by atoms with E-state index in [9.17, 15) is 0 Å².